The first kappa shape index (κ1) is 13.4. The molecule has 1 aromatic heterocycles. The van der Waals surface area contributed by atoms with E-state index in [4.69, 9.17) is 10.6 Å². The minimum absolute atomic E-state index is 0.0423. The van der Waals surface area contributed by atoms with Gasteiger partial charge in [0.05, 0.1) is 12.1 Å². The summed E-state index contributed by atoms with van der Waals surface area (Å²) in [7, 11) is 1.76. The number of rotatable bonds is 5. The van der Waals surface area contributed by atoms with Crippen molar-refractivity contribution in [3.05, 3.63) is 24.3 Å². The largest absolute Gasteiger partial charge is 0.379 e. The van der Waals surface area contributed by atoms with Gasteiger partial charge in [0, 0.05) is 25.1 Å². The van der Waals surface area contributed by atoms with Crippen LogP contribution in [0, 0.1) is 5.92 Å². The Morgan fingerprint density at radius 1 is 1.28 bits per heavy atom. The molecule has 0 aromatic carbocycles. The van der Waals surface area contributed by atoms with E-state index < -0.39 is 0 Å². The van der Waals surface area contributed by atoms with E-state index in [1.165, 1.54) is 38.4 Å². The third kappa shape index (κ3) is 3.04. The molecule has 1 aromatic rings. The standard InChI is InChI=1S/C13H22N4O/c1-18-13(10-5-3-2-4-6-10)12(17-14)11-7-15-9-16-8-11/h7-10,12-13,17H,2-6,14H2,1H3. The van der Waals surface area contributed by atoms with Crippen molar-refractivity contribution in [3.63, 3.8) is 0 Å². The summed E-state index contributed by atoms with van der Waals surface area (Å²) in [5, 5.41) is 0. The Morgan fingerprint density at radius 3 is 2.50 bits per heavy atom. The Labute approximate surface area is 108 Å². The number of hydrazine groups is 1. The minimum Gasteiger partial charge on any atom is -0.379 e. The lowest BCUT2D eigenvalue weighted by Crippen LogP contribution is -2.42. The number of nitrogens with zero attached hydrogens (tertiary/aromatic N) is 2. The Morgan fingerprint density at radius 2 is 1.94 bits per heavy atom. The van der Waals surface area contributed by atoms with Gasteiger partial charge in [-0.15, -0.1) is 0 Å². The highest BCUT2D eigenvalue weighted by Crippen LogP contribution is 2.33. The van der Waals surface area contributed by atoms with Crippen molar-refractivity contribution in [3.8, 4) is 0 Å². The number of nitrogens with one attached hydrogen (secondary N) is 1. The molecule has 5 nitrogen and oxygen atoms in total. The summed E-state index contributed by atoms with van der Waals surface area (Å²) in [6.45, 7) is 0. The van der Waals surface area contributed by atoms with Crippen LogP contribution in [0.5, 0.6) is 0 Å². The third-order valence-electron chi connectivity index (χ3n) is 3.83. The predicted molar refractivity (Wildman–Crippen MR) is 69.5 cm³/mol. The highest BCUT2D eigenvalue weighted by Gasteiger charge is 2.31. The van der Waals surface area contributed by atoms with Crippen LogP contribution in [-0.2, 0) is 4.74 Å². The quantitative estimate of drug-likeness (QED) is 0.613. The fourth-order valence-electron chi connectivity index (χ4n) is 2.92. The van der Waals surface area contributed by atoms with E-state index in [1.807, 2.05) is 0 Å². The van der Waals surface area contributed by atoms with Gasteiger partial charge in [0.1, 0.15) is 6.33 Å². The molecule has 1 aliphatic rings. The van der Waals surface area contributed by atoms with E-state index in [9.17, 15) is 0 Å². The zero-order chi connectivity index (χ0) is 12.8. The molecule has 1 aliphatic carbocycles. The molecule has 2 atom stereocenters. The number of methoxy groups -OCH3 is 1. The van der Waals surface area contributed by atoms with Gasteiger partial charge in [0.2, 0.25) is 0 Å². The first-order valence-electron chi connectivity index (χ1n) is 6.60. The molecule has 1 saturated carbocycles. The van der Waals surface area contributed by atoms with Crippen molar-refractivity contribution in [2.45, 2.75) is 44.2 Å². The first-order chi connectivity index (χ1) is 8.86. The fourth-order valence-corrected chi connectivity index (χ4v) is 2.92. The van der Waals surface area contributed by atoms with Gasteiger partial charge in [0.25, 0.3) is 0 Å². The van der Waals surface area contributed by atoms with Crippen LogP contribution in [0.25, 0.3) is 0 Å². The predicted octanol–water partition coefficient (Wildman–Crippen LogP) is 1.58. The van der Waals surface area contributed by atoms with Gasteiger partial charge in [-0.2, -0.15) is 0 Å². The van der Waals surface area contributed by atoms with Crippen molar-refractivity contribution in [2.24, 2.45) is 11.8 Å². The van der Waals surface area contributed by atoms with Gasteiger partial charge in [-0.1, -0.05) is 19.3 Å². The van der Waals surface area contributed by atoms with Crippen LogP contribution in [-0.4, -0.2) is 23.2 Å². The molecule has 5 heteroatoms. The number of hydrogen-bond donors (Lipinski definition) is 2. The molecule has 2 rings (SSSR count). The molecular weight excluding hydrogens is 228 g/mol. The van der Waals surface area contributed by atoms with Crippen LogP contribution in [0.4, 0.5) is 0 Å². The highest BCUT2D eigenvalue weighted by molar-refractivity contribution is 5.11. The third-order valence-corrected chi connectivity index (χ3v) is 3.83. The van der Waals surface area contributed by atoms with Gasteiger partial charge in [-0.3, -0.25) is 11.3 Å². The van der Waals surface area contributed by atoms with E-state index in [1.54, 1.807) is 19.5 Å². The molecule has 0 bridgehead atoms. The Balaban J connectivity index is 2.13. The smallest absolute Gasteiger partial charge is 0.115 e. The van der Waals surface area contributed by atoms with E-state index in [-0.39, 0.29) is 12.1 Å². The van der Waals surface area contributed by atoms with Crippen LogP contribution in [0.3, 0.4) is 0 Å². The summed E-state index contributed by atoms with van der Waals surface area (Å²) in [4.78, 5) is 8.11. The Bertz CT molecular complexity index is 340. The molecule has 0 amide bonds. The molecule has 0 radical (unpaired) electrons. The van der Waals surface area contributed by atoms with Crippen molar-refractivity contribution >= 4 is 0 Å². The monoisotopic (exact) mass is 250 g/mol. The second-order valence-corrected chi connectivity index (χ2v) is 4.91. The van der Waals surface area contributed by atoms with E-state index >= 15 is 0 Å². The van der Waals surface area contributed by atoms with Crippen molar-refractivity contribution in [1.29, 1.82) is 0 Å². The van der Waals surface area contributed by atoms with Crippen LogP contribution >= 0.6 is 0 Å². The minimum atomic E-state index is -0.0423. The Hall–Kier alpha value is -1.04. The number of hydrogen-bond acceptors (Lipinski definition) is 5. The fraction of sp³-hybridized carbons (Fsp3) is 0.692. The SMILES string of the molecule is COC(C1CCCCC1)C(NN)c1cncnc1. The molecule has 0 aliphatic heterocycles. The summed E-state index contributed by atoms with van der Waals surface area (Å²) in [5.41, 5.74) is 3.85. The second kappa shape index (κ2) is 6.78. The average Bonchev–Trinajstić information content (AvgIpc) is 2.46. The van der Waals surface area contributed by atoms with Crippen molar-refractivity contribution in [1.82, 2.24) is 15.4 Å². The lowest BCUT2D eigenvalue weighted by molar-refractivity contribution is 0.00733. The number of aromatic nitrogens is 2. The van der Waals surface area contributed by atoms with Gasteiger partial charge >= 0.3 is 0 Å². The molecular formula is C13H22N4O. The number of nitrogens with two attached hydrogens (primary N) is 1. The summed E-state index contributed by atoms with van der Waals surface area (Å²) >= 11 is 0. The zero-order valence-corrected chi connectivity index (χ0v) is 10.9. The maximum absolute atomic E-state index is 5.70. The van der Waals surface area contributed by atoms with Gasteiger partial charge < -0.3 is 4.74 Å². The van der Waals surface area contributed by atoms with E-state index in [0.717, 1.165) is 5.56 Å². The summed E-state index contributed by atoms with van der Waals surface area (Å²) < 4.78 is 5.70. The normalized spacial score (nSPS) is 20.6. The summed E-state index contributed by atoms with van der Waals surface area (Å²) in [6, 6.07) is -0.0423. The Kier molecular flexibility index (Phi) is 5.04. The van der Waals surface area contributed by atoms with E-state index in [2.05, 4.69) is 15.4 Å². The topological polar surface area (TPSA) is 73.1 Å². The maximum atomic E-state index is 5.70. The van der Waals surface area contributed by atoms with Crippen LogP contribution in [0.1, 0.15) is 43.7 Å². The number of ether oxygens (including phenoxy) is 1. The van der Waals surface area contributed by atoms with Crippen LogP contribution in [0.2, 0.25) is 0 Å². The van der Waals surface area contributed by atoms with Crippen LogP contribution in [0.15, 0.2) is 18.7 Å². The second-order valence-electron chi connectivity index (χ2n) is 4.91. The van der Waals surface area contributed by atoms with Gasteiger partial charge in [-0.25, -0.2) is 9.97 Å². The average molecular weight is 250 g/mol. The maximum Gasteiger partial charge on any atom is 0.115 e. The zero-order valence-electron chi connectivity index (χ0n) is 10.9. The summed E-state index contributed by atoms with van der Waals surface area (Å²) in [5.74, 6) is 6.26. The highest BCUT2D eigenvalue weighted by atomic mass is 16.5. The molecule has 3 N–H and O–H groups in total. The molecule has 0 spiro atoms. The lowest BCUT2D eigenvalue weighted by atomic mass is 9.81. The van der Waals surface area contributed by atoms with Crippen molar-refractivity contribution < 1.29 is 4.74 Å². The van der Waals surface area contributed by atoms with Crippen molar-refractivity contribution in [2.75, 3.05) is 7.11 Å². The van der Waals surface area contributed by atoms with Crippen LogP contribution < -0.4 is 11.3 Å². The van der Waals surface area contributed by atoms with Gasteiger partial charge in [0.15, 0.2) is 0 Å². The molecule has 0 saturated heterocycles. The first-order valence-corrected chi connectivity index (χ1v) is 6.60. The summed E-state index contributed by atoms with van der Waals surface area (Å²) in [6.07, 6.45) is 11.5. The van der Waals surface area contributed by atoms with E-state index in [0.29, 0.717) is 5.92 Å². The lowest BCUT2D eigenvalue weighted by Gasteiger charge is -2.34. The molecule has 1 heterocycles. The molecule has 100 valence electrons. The molecule has 1 fully saturated rings. The molecule has 2 unspecified atom stereocenters. The molecule has 18 heavy (non-hydrogen) atoms. The van der Waals surface area contributed by atoms with Gasteiger partial charge in [-0.05, 0) is 18.8 Å².